The fourth-order valence-corrected chi connectivity index (χ4v) is 3.80. The fraction of sp³-hybridized carbons (Fsp3) is 0.222. The molecule has 1 heterocycles. The van der Waals surface area contributed by atoms with Gasteiger partial charge >= 0.3 is 6.09 Å². The molecule has 0 aliphatic carbocycles. The van der Waals surface area contributed by atoms with Crippen LogP contribution in [0, 0.1) is 5.82 Å². The minimum Gasteiger partial charge on any atom is -0.443 e. The van der Waals surface area contributed by atoms with Crippen LogP contribution in [0.25, 0.3) is 0 Å². The Hall–Kier alpha value is -4.00. The molecule has 174 valence electrons. The second-order valence-electron chi connectivity index (χ2n) is 8.98. The number of amides is 2. The molecular weight excluding hydrogens is 433 g/mol. The molecule has 1 aliphatic rings. The van der Waals surface area contributed by atoms with Crippen molar-refractivity contribution >= 4 is 18.0 Å². The van der Waals surface area contributed by atoms with Crippen LogP contribution in [-0.2, 0) is 4.74 Å². The van der Waals surface area contributed by atoms with Crippen molar-refractivity contribution in [3.8, 4) is 0 Å². The normalized spacial score (nSPS) is 17.8. The number of halogens is 1. The van der Waals surface area contributed by atoms with E-state index in [0.717, 1.165) is 11.1 Å². The zero-order chi connectivity index (χ0) is 24.3. The lowest BCUT2D eigenvalue weighted by Crippen LogP contribution is -2.47. The van der Waals surface area contributed by atoms with Gasteiger partial charge in [-0.15, -0.1) is 0 Å². The van der Waals surface area contributed by atoms with Crippen molar-refractivity contribution in [2.45, 2.75) is 38.5 Å². The average molecular weight is 460 g/mol. The van der Waals surface area contributed by atoms with E-state index in [1.165, 1.54) is 29.2 Å². The van der Waals surface area contributed by atoms with Gasteiger partial charge in [0.05, 0.1) is 6.04 Å². The van der Waals surface area contributed by atoms with Gasteiger partial charge in [-0.2, -0.15) is 0 Å². The van der Waals surface area contributed by atoms with E-state index >= 15 is 0 Å². The van der Waals surface area contributed by atoms with Crippen LogP contribution in [0.3, 0.4) is 0 Å². The Labute approximate surface area is 198 Å². The molecule has 0 saturated carbocycles. The summed E-state index contributed by atoms with van der Waals surface area (Å²) < 4.78 is 19.0. The Balaban J connectivity index is 1.77. The second-order valence-corrected chi connectivity index (χ2v) is 8.98. The third-order valence-corrected chi connectivity index (χ3v) is 5.27. The molecule has 2 unspecified atom stereocenters. The number of carbonyl (C=O) groups excluding carboxylic acids is 2. The Morgan fingerprint density at radius 2 is 1.44 bits per heavy atom. The van der Waals surface area contributed by atoms with E-state index in [4.69, 9.17) is 9.73 Å². The molecule has 2 amide bonds. The standard InChI is InChI=1S/C27H26FN3O3/c1-27(2,3)34-26(33)31-23(19-12-8-5-9-13-19)22(18-10-6-4-7-11-18)29-25(31)30-24(32)20-14-16-21(28)17-15-20/h4-17,22-23H,1-3H3,(H,29,30,32). The first-order valence-corrected chi connectivity index (χ1v) is 11.0. The van der Waals surface area contributed by atoms with E-state index < -0.39 is 35.5 Å². The predicted octanol–water partition coefficient (Wildman–Crippen LogP) is 5.64. The van der Waals surface area contributed by atoms with Crippen molar-refractivity contribution in [1.82, 2.24) is 10.2 Å². The third kappa shape index (κ3) is 5.14. The molecule has 0 bridgehead atoms. The first kappa shape index (κ1) is 23.2. The molecule has 0 aromatic heterocycles. The van der Waals surface area contributed by atoms with Crippen molar-refractivity contribution in [3.63, 3.8) is 0 Å². The van der Waals surface area contributed by atoms with Gasteiger partial charge in [-0.25, -0.2) is 19.1 Å². The summed E-state index contributed by atoms with van der Waals surface area (Å²) >= 11 is 0. The maximum absolute atomic E-state index is 13.4. The van der Waals surface area contributed by atoms with Gasteiger partial charge in [-0.1, -0.05) is 60.7 Å². The second kappa shape index (κ2) is 9.47. The van der Waals surface area contributed by atoms with E-state index in [9.17, 15) is 14.0 Å². The van der Waals surface area contributed by atoms with E-state index in [2.05, 4.69) is 5.32 Å². The summed E-state index contributed by atoms with van der Waals surface area (Å²) in [6, 6.07) is 23.2. The molecule has 3 aromatic carbocycles. The van der Waals surface area contributed by atoms with Crippen molar-refractivity contribution in [2.24, 2.45) is 4.99 Å². The van der Waals surface area contributed by atoms with Crippen LogP contribution in [0.15, 0.2) is 89.9 Å². The number of nitrogens with one attached hydrogen (secondary N) is 1. The van der Waals surface area contributed by atoms with Crippen LogP contribution in [0.4, 0.5) is 9.18 Å². The first-order chi connectivity index (χ1) is 16.2. The number of benzene rings is 3. The molecule has 0 spiro atoms. The number of ether oxygens (including phenoxy) is 1. The highest BCUT2D eigenvalue weighted by molar-refractivity contribution is 6.09. The molecule has 0 radical (unpaired) electrons. The highest BCUT2D eigenvalue weighted by atomic mass is 19.1. The van der Waals surface area contributed by atoms with Gasteiger partial charge in [0.1, 0.15) is 17.5 Å². The molecule has 1 N–H and O–H groups in total. The monoisotopic (exact) mass is 459 g/mol. The highest BCUT2D eigenvalue weighted by Gasteiger charge is 2.44. The fourth-order valence-electron chi connectivity index (χ4n) is 3.80. The Bertz CT molecular complexity index is 1190. The summed E-state index contributed by atoms with van der Waals surface area (Å²) in [5.41, 5.74) is 1.22. The Kier molecular flexibility index (Phi) is 6.45. The van der Waals surface area contributed by atoms with Crippen LogP contribution in [-0.4, -0.2) is 28.5 Å². The van der Waals surface area contributed by atoms with Crippen LogP contribution in [0.2, 0.25) is 0 Å². The molecule has 7 heteroatoms. The predicted molar refractivity (Wildman–Crippen MR) is 128 cm³/mol. The molecular formula is C27H26FN3O3. The molecule has 0 saturated heterocycles. The lowest BCUT2D eigenvalue weighted by atomic mass is 9.94. The molecule has 2 atom stereocenters. The van der Waals surface area contributed by atoms with Gasteiger partial charge < -0.3 is 4.74 Å². The van der Waals surface area contributed by atoms with Gasteiger partial charge in [0.25, 0.3) is 5.91 Å². The van der Waals surface area contributed by atoms with Gasteiger partial charge in [-0.3, -0.25) is 10.1 Å². The van der Waals surface area contributed by atoms with E-state index in [1.54, 1.807) is 20.8 Å². The summed E-state index contributed by atoms with van der Waals surface area (Å²) in [5, 5.41) is 2.74. The summed E-state index contributed by atoms with van der Waals surface area (Å²) in [7, 11) is 0. The number of rotatable bonds is 3. The Morgan fingerprint density at radius 1 is 0.882 bits per heavy atom. The minimum atomic E-state index is -0.755. The largest absolute Gasteiger partial charge is 0.443 e. The summed E-state index contributed by atoms with van der Waals surface area (Å²) in [6.45, 7) is 5.34. The summed E-state index contributed by atoms with van der Waals surface area (Å²) in [5.74, 6) is -0.877. The van der Waals surface area contributed by atoms with E-state index in [1.807, 2.05) is 60.7 Å². The third-order valence-electron chi connectivity index (χ3n) is 5.27. The zero-order valence-electron chi connectivity index (χ0n) is 19.2. The molecule has 0 fully saturated rings. The first-order valence-electron chi connectivity index (χ1n) is 11.0. The number of hydrogen-bond donors (Lipinski definition) is 1. The lowest BCUT2D eigenvalue weighted by molar-refractivity contribution is 0.0310. The number of aliphatic imine (C=N–C) groups is 1. The van der Waals surface area contributed by atoms with E-state index in [-0.39, 0.29) is 11.5 Å². The van der Waals surface area contributed by atoms with Gasteiger partial charge in [0, 0.05) is 5.56 Å². The van der Waals surface area contributed by atoms with Crippen molar-refractivity contribution in [3.05, 3.63) is 107 Å². The van der Waals surface area contributed by atoms with Crippen LogP contribution >= 0.6 is 0 Å². The minimum absolute atomic E-state index is 0.0753. The van der Waals surface area contributed by atoms with Crippen molar-refractivity contribution in [2.75, 3.05) is 0 Å². The number of carbonyl (C=O) groups is 2. The number of hydrogen-bond acceptors (Lipinski definition) is 4. The maximum Gasteiger partial charge on any atom is 0.417 e. The zero-order valence-corrected chi connectivity index (χ0v) is 19.2. The number of nitrogens with zero attached hydrogens (tertiary/aromatic N) is 2. The molecule has 34 heavy (non-hydrogen) atoms. The molecule has 3 aromatic rings. The van der Waals surface area contributed by atoms with Crippen LogP contribution in [0.1, 0.15) is 54.3 Å². The Morgan fingerprint density at radius 3 is 2.00 bits per heavy atom. The topological polar surface area (TPSA) is 71.0 Å². The molecule has 4 rings (SSSR count). The highest BCUT2D eigenvalue weighted by Crippen LogP contribution is 2.42. The van der Waals surface area contributed by atoms with Crippen molar-refractivity contribution < 1.29 is 18.7 Å². The number of guanidine groups is 1. The maximum atomic E-state index is 13.4. The average Bonchev–Trinajstić information content (AvgIpc) is 3.19. The van der Waals surface area contributed by atoms with Crippen molar-refractivity contribution in [1.29, 1.82) is 0 Å². The van der Waals surface area contributed by atoms with Gasteiger partial charge in [0.2, 0.25) is 5.96 Å². The molecule has 6 nitrogen and oxygen atoms in total. The lowest BCUT2D eigenvalue weighted by Gasteiger charge is -2.31. The van der Waals surface area contributed by atoms with Gasteiger partial charge in [-0.05, 0) is 56.2 Å². The summed E-state index contributed by atoms with van der Waals surface area (Å²) in [6.07, 6.45) is -0.627. The quantitative estimate of drug-likeness (QED) is 0.551. The smallest absolute Gasteiger partial charge is 0.417 e. The van der Waals surface area contributed by atoms with Crippen LogP contribution in [0.5, 0.6) is 0 Å². The van der Waals surface area contributed by atoms with E-state index in [0.29, 0.717) is 0 Å². The van der Waals surface area contributed by atoms with Crippen LogP contribution < -0.4 is 5.32 Å². The summed E-state index contributed by atoms with van der Waals surface area (Å²) in [4.78, 5) is 32.5. The molecule has 1 aliphatic heterocycles. The van der Waals surface area contributed by atoms with Gasteiger partial charge in [0.15, 0.2) is 0 Å². The SMILES string of the molecule is CC(C)(C)OC(=O)N1C(NC(=O)c2ccc(F)cc2)=NC(c2ccccc2)C1c1ccccc1.